The predicted molar refractivity (Wildman–Crippen MR) is 93.5 cm³/mol. The largest absolute Gasteiger partial charge is 0.465 e. The Kier molecular flexibility index (Phi) is 3.84. The molecule has 0 spiro atoms. The minimum atomic E-state index is 0.144. The molecule has 1 saturated carbocycles. The number of nitrogens with zero attached hydrogens (tertiary/aromatic N) is 1. The molecule has 0 saturated heterocycles. The number of carbonyl (C=O) groups excluding carboxylic acids is 1. The molecular weight excluding hydrogens is 302 g/mol. The number of fused-ring (bicyclic) bond motifs is 1. The van der Waals surface area contributed by atoms with Gasteiger partial charge in [0.15, 0.2) is 0 Å². The van der Waals surface area contributed by atoms with E-state index in [1.54, 1.807) is 0 Å². The first-order chi connectivity index (χ1) is 11.7. The van der Waals surface area contributed by atoms with E-state index in [1.165, 1.54) is 5.56 Å². The number of amidine groups is 1. The molecule has 5 heteroatoms. The number of hydrogen-bond acceptors (Lipinski definition) is 4. The van der Waals surface area contributed by atoms with Crippen molar-refractivity contribution >= 4 is 23.1 Å². The maximum atomic E-state index is 11.9. The molecule has 0 bridgehead atoms. The summed E-state index contributed by atoms with van der Waals surface area (Å²) in [5.74, 6) is 3.18. The highest BCUT2D eigenvalue weighted by atomic mass is 16.3. The van der Waals surface area contributed by atoms with Crippen LogP contribution in [-0.4, -0.2) is 11.7 Å². The summed E-state index contributed by atoms with van der Waals surface area (Å²) in [6, 6.07) is 9.91. The number of amides is 1. The van der Waals surface area contributed by atoms with Crippen LogP contribution in [-0.2, 0) is 17.8 Å². The van der Waals surface area contributed by atoms with Crippen molar-refractivity contribution in [2.45, 2.75) is 39.2 Å². The van der Waals surface area contributed by atoms with Crippen LogP contribution >= 0.6 is 0 Å². The maximum absolute atomic E-state index is 11.9. The van der Waals surface area contributed by atoms with Crippen LogP contribution in [0.5, 0.6) is 0 Å². The smallest absolute Gasteiger partial charge is 0.227 e. The second-order valence-electron chi connectivity index (χ2n) is 6.53. The third kappa shape index (κ3) is 3.35. The molecule has 124 valence electrons. The van der Waals surface area contributed by atoms with Crippen LogP contribution < -0.4 is 10.6 Å². The topological polar surface area (TPSA) is 66.6 Å². The molecule has 0 radical (unpaired) electrons. The minimum absolute atomic E-state index is 0.144. The van der Waals surface area contributed by atoms with Gasteiger partial charge in [0.2, 0.25) is 5.91 Å². The van der Waals surface area contributed by atoms with Crippen molar-refractivity contribution in [3.05, 3.63) is 47.4 Å². The highest BCUT2D eigenvalue weighted by Gasteiger charge is 2.29. The maximum Gasteiger partial charge on any atom is 0.227 e. The van der Waals surface area contributed by atoms with Crippen LogP contribution in [0.15, 0.2) is 39.7 Å². The Morgan fingerprint density at radius 3 is 2.88 bits per heavy atom. The van der Waals surface area contributed by atoms with Gasteiger partial charge >= 0.3 is 0 Å². The zero-order chi connectivity index (χ0) is 16.5. The Morgan fingerprint density at radius 2 is 2.12 bits per heavy atom. The predicted octanol–water partition coefficient (Wildman–Crippen LogP) is 3.70. The molecule has 1 aliphatic heterocycles. The van der Waals surface area contributed by atoms with Gasteiger partial charge in [0.25, 0.3) is 0 Å². The van der Waals surface area contributed by atoms with E-state index in [0.29, 0.717) is 6.54 Å². The molecule has 0 atom stereocenters. The highest BCUT2D eigenvalue weighted by Crippen LogP contribution is 2.32. The molecule has 1 amide bonds. The van der Waals surface area contributed by atoms with E-state index in [1.807, 2.05) is 37.3 Å². The average molecular weight is 323 g/mol. The molecule has 2 aliphatic rings. The molecule has 24 heavy (non-hydrogen) atoms. The Labute approximate surface area is 141 Å². The molecule has 5 nitrogen and oxygen atoms in total. The van der Waals surface area contributed by atoms with Crippen LogP contribution in [0.4, 0.5) is 11.4 Å². The van der Waals surface area contributed by atoms with Gasteiger partial charge in [-0.05, 0) is 62.1 Å². The fourth-order valence-electron chi connectivity index (χ4n) is 2.91. The van der Waals surface area contributed by atoms with Crippen LogP contribution in [0.3, 0.4) is 0 Å². The van der Waals surface area contributed by atoms with Crippen molar-refractivity contribution in [2.75, 3.05) is 5.32 Å². The Balaban J connectivity index is 1.42. The van der Waals surface area contributed by atoms with Gasteiger partial charge in [0.05, 0.1) is 12.2 Å². The summed E-state index contributed by atoms with van der Waals surface area (Å²) in [7, 11) is 0. The number of hydrogen-bond donors (Lipinski definition) is 2. The number of aryl methyl sites for hydroxylation is 2. The summed E-state index contributed by atoms with van der Waals surface area (Å²) < 4.78 is 5.56. The second kappa shape index (κ2) is 6.15. The number of nitrogens with one attached hydrogen (secondary N) is 2. The summed E-state index contributed by atoms with van der Waals surface area (Å²) in [6.07, 6.45) is 3.83. The van der Waals surface area contributed by atoms with Crippen molar-refractivity contribution in [3.8, 4) is 0 Å². The third-order valence-electron chi connectivity index (χ3n) is 4.44. The number of aliphatic imine (C=N–C) groups is 1. The molecule has 1 fully saturated rings. The normalized spacial score (nSPS) is 16.3. The summed E-state index contributed by atoms with van der Waals surface area (Å²) in [5.41, 5.74) is 3.04. The lowest BCUT2D eigenvalue weighted by molar-refractivity contribution is -0.117. The average Bonchev–Trinajstić information content (AvgIpc) is 3.35. The van der Waals surface area contributed by atoms with Crippen LogP contribution in [0.25, 0.3) is 0 Å². The fourth-order valence-corrected chi connectivity index (χ4v) is 2.91. The van der Waals surface area contributed by atoms with Crippen molar-refractivity contribution in [3.63, 3.8) is 0 Å². The number of benzene rings is 1. The number of carbonyl (C=O) groups is 1. The Morgan fingerprint density at radius 1 is 1.25 bits per heavy atom. The molecule has 1 aromatic heterocycles. The SMILES string of the molecule is Cc1ccc(CNC2=Nc3ccc(NC(=O)C4CC4)cc3CC2)o1. The van der Waals surface area contributed by atoms with E-state index in [0.717, 1.165) is 54.4 Å². The van der Waals surface area contributed by atoms with Gasteiger partial charge in [-0.3, -0.25) is 4.79 Å². The Bertz CT molecular complexity index is 803. The number of furan rings is 1. The highest BCUT2D eigenvalue weighted by molar-refractivity contribution is 5.94. The summed E-state index contributed by atoms with van der Waals surface area (Å²) >= 11 is 0. The van der Waals surface area contributed by atoms with Crippen molar-refractivity contribution in [2.24, 2.45) is 10.9 Å². The monoisotopic (exact) mass is 323 g/mol. The molecule has 1 aromatic carbocycles. The van der Waals surface area contributed by atoms with Crippen LogP contribution in [0.1, 0.15) is 36.3 Å². The lowest BCUT2D eigenvalue weighted by Gasteiger charge is -2.17. The van der Waals surface area contributed by atoms with Crippen LogP contribution in [0, 0.1) is 12.8 Å². The van der Waals surface area contributed by atoms with E-state index in [2.05, 4.69) is 15.6 Å². The van der Waals surface area contributed by atoms with Gasteiger partial charge in [-0.2, -0.15) is 0 Å². The standard InChI is InChI=1S/C19H21N3O2/c1-12-2-7-16(24-12)11-20-18-9-5-14-10-15(6-8-17(14)22-18)21-19(23)13-3-4-13/h2,6-8,10,13H,3-5,9,11H2,1H3,(H,20,22)(H,21,23). The summed E-state index contributed by atoms with van der Waals surface area (Å²) in [6.45, 7) is 2.59. The first-order valence-electron chi connectivity index (χ1n) is 8.48. The second-order valence-corrected chi connectivity index (χ2v) is 6.53. The van der Waals surface area contributed by atoms with Gasteiger partial charge in [0.1, 0.15) is 17.4 Å². The lowest BCUT2D eigenvalue weighted by atomic mass is 10.0. The first kappa shape index (κ1) is 15.0. The summed E-state index contributed by atoms with van der Waals surface area (Å²) in [5, 5.41) is 6.35. The van der Waals surface area contributed by atoms with Crippen molar-refractivity contribution in [1.29, 1.82) is 0 Å². The van der Waals surface area contributed by atoms with E-state index in [4.69, 9.17) is 4.42 Å². The molecule has 1 aliphatic carbocycles. The van der Waals surface area contributed by atoms with Gasteiger partial charge in [-0.15, -0.1) is 0 Å². The van der Waals surface area contributed by atoms with E-state index < -0.39 is 0 Å². The van der Waals surface area contributed by atoms with Crippen molar-refractivity contribution in [1.82, 2.24) is 5.32 Å². The minimum Gasteiger partial charge on any atom is -0.465 e. The van der Waals surface area contributed by atoms with Gasteiger partial charge in [-0.1, -0.05) is 0 Å². The zero-order valence-electron chi connectivity index (χ0n) is 13.8. The molecule has 0 unspecified atom stereocenters. The lowest BCUT2D eigenvalue weighted by Crippen LogP contribution is -2.25. The van der Waals surface area contributed by atoms with Gasteiger partial charge < -0.3 is 15.1 Å². The third-order valence-corrected chi connectivity index (χ3v) is 4.44. The summed E-state index contributed by atoms with van der Waals surface area (Å²) in [4.78, 5) is 16.5. The molecule has 2 aromatic rings. The number of anilines is 1. The zero-order valence-corrected chi connectivity index (χ0v) is 13.8. The molecule has 2 heterocycles. The number of rotatable bonds is 4. The molecular formula is C19H21N3O2. The Hall–Kier alpha value is -2.56. The van der Waals surface area contributed by atoms with E-state index in [-0.39, 0.29) is 11.8 Å². The van der Waals surface area contributed by atoms with Crippen LogP contribution in [0.2, 0.25) is 0 Å². The van der Waals surface area contributed by atoms with E-state index >= 15 is 0 Å². The quantitative estimate of drug-likeness (QED) is 0.901. The molecule has 4 rings (SSSR count). The van der Waals surface area contributed by atoms with Crippen molar-refractivity contribution < 1.29 is 9.21 Å². The van der Waals surface area contributed by atoms with Gasteiger partial charge in [-0.25, -0.2) is 4.99 Å². The first-order valence-corrected chi connectivity index (χ1v) is 8.48. The fraction of sp³-hybridized carbons (Fsp3) is 0.368. The van der Waals surface area contributed by atoms with Gasteiger partial charge in [0, 0.05) is 18.0 Å². The molecule has 2 N–H and O–H groups in total. The van der Waals surface area contributed by atoms with E-state index in [9.17, 15) is 4.79 Å².